The highest BCUT2D eigenvalue weighted by Gasteiger charge is 2.38. The van der Waals surface area contributed by atoms with Crippen molar-refractivity contribution in [3.63, 3.8) is 0 Å². The predicted octanol–water partition coefficient (Wildman–Crippen LogP) is 7.22. The number of hydrogen-bond acceptors (Lipinski definition) is 1. The third-order valence-corrected chi connectivity index (χ3v) is 7.29. The van der Waals surface area contributed by atoms with Crippen LogP contribution in [-0.2, 0) is 11.8 Å². The lowest BCUT2D eigenvalue weighted by Crippen LogP contribution is -2.26. The topological polar surface area (TPSA) is 17.1 Å². The SMILES string of the molecule is CC(C1CCCCC1)C1Cc2c(cccc2-c2ccc(C(C)(C)C)cc2)C1=O. The molecule has 2 atom stereocenters. The summed E-state index contributed by atoms with van der Waals surface area (Å²) in [5.74, 6) is 1.79. The smallest absolute Gasteiger partial charge is 0.166 e. The van der Waals surface area contributed by atoms with Crippen LogP contribution in [0.15, 0.2) is 42.5 Å². The second kappa shape index (κ2) is 7.50. The molecule has 1 saturated carbocycles. The minimum Gasteiger partial charge on any atom is -0.294 e. The first-order chi connectivity index (χ1) is 13.4. The predicted molar refractivity (Wildman–Crippen MR) is 118 cm³/mol. The normalized spacial score (nSPS) is 21.6. The van der Waals surface area contributed by atoms with E-state index in [-0.39, 0.29) is 11.3 Å². The summed E-state index contributed by atoms with van der Waals surface area (Å²) in [7, 11) is 0. The maximum Gasteiger partial charge on any atom is 0.166 e. The molecule has 0 N–H and O–H groups in total. The van der Waals surface area contributed by atoms with Gasteiger partial charge < -0.3 is 0 Å². The van der Waals surface area contributed by atoms with E-state index in [4.69, 9.17) is 0 Å². The van der Waals surface area contributed by atoms with Crippen molar-refractivity contribution in [3.05, 3.63) is 59.2 Å². The van der Waals surface area contributed by atoms with E-state index in [1.54, 1.807) is 0 Å². The fraction of sp³-hybridized carbons (Fsp3) is 0.519. The molecule has 0 bridgehead atoms. The van der Waals surface area contributed by atoms with Gasteiger partial charge in [0.2, 0.25) is 0 Å². The largest absolute Gasteiger partial charge is 0.294 e. The van der Waals surface area contributed by atoms with Gasteiger partial charge in [0.15, 0.2) is 5.78 Å². The average molecular weight is 375 g/mol. The molecule has 1 fully saturated rings. The highest BCUT2D eigenvalue weighted by molar-refractivity contribution is 6.04. The van der Waals surface area contributed by atoms with Crippen LogP contribution in [0, 0.1) is 17.8 Å². The van der Waals surface area contributed by atoms with Crippen molar-refractivity contribution in [2.24, 2.45) is 17.8 Å². The first-order valence-electron chi connectivity index (χ1n) is 11.1. The minimum absolute atomic E-state index is 0.160. The van der Waals surface area contributed by atoms with Gasteiger partial charge in [0, 0.05) is 11.5 Å². The Hall–Kier alpha value is -1.89. The second-order valence-corrected chi connectivity index (χ2v) is 10.1. The maximum absolute atomic E-state index is 13.2. The zero-order chi connectivity index (χ0) is 19.9. The molecule has 2 aromatic carbocycles. The fourth-order valence-electron chi connectivity index (χ4n) is 5.38. The standard InChI is InChI=1S/C27H34O/c1-18(19-9-6-5-7-10-19)24-17-25-22(11-8-12-23(25)26(24)28)20-13-15-21(16-14-20)27(2,3)4/h8,11-16,18-19,24H,5-7,9-10,17H2,1-4H3. The van der Waals surface area contributed by atoms with Crippen molar-refractivity contribution in [1.29, 1.82) is 0 Å². The van der Waals surface area contributed by atoms with Crippen LogP contribution in [0.25, 0.3) is 11.1 Å². The van der Waals surface area contributed by atoms with Crippen molar-refractivity contribution in [2.45, 2.75) is 71.6 Å². The van der Waals surface area contributed by atoms with E-state index in [1.165, 1.54) is 54.4 Å². The molecule has 2 aliphatic carbocycles. The number of ketones is 1. The van der Waals surface area contributed by atoms with Gasteiger partial charge in [-0.05, 0) is 45.9 Å². The van der Waals surface area contributed by atoms with Gasteiger partial charge in [0.1, 0.15) is 0 Å². The molecule has 0 amide bonds. The summed E-state index contributed by atoms with van der Waals surface area (Å²) >= 11 is 0. The second-order valence-electron chi connectivity index (χ2n) is 10.1. The van der Waals surface area contributed by atoms with Gasteiger partial charge in [-0.15, -0.1) is 0 Å². The van der Waals surface area contributed by atoms with Crippen LogP contribution in [0.3, 0.4) is 0 Å². The molecule has 0 saturated heterocycles. The van der Waals surface area contributed by atoms with Gasteiger partial charge in [-0.25, -0.2) is 0 Å². The lowest BCUT2D eigenvalue weighted by molar-refractivity contribution is 0.0846. The number of hydrogen-bond donors (Lipinski definition) is 0. The van der Waals surface area contributed by atoms with E-state index in [1.807, 2.05) is 0 Å². The van der Waals surface area contributed by atoms with E-state index in [9.17, 15) is 4.79 Å². The van der Waals surface area contributed by atoms with Crippen molar-refractivity contribution in [2.75, 3.05) is 0 Å². The Bertz CT molecular complexity index is 847. The number of Topliss-reactive ketones (excluding diaryl/α,β-unsaturated/α-hetero) is 1. The quantitative estimate of drug-likeness (QED) is 0.554. The summed E-state index contributed by atoms with van der Waals surface area (Å²) in [6.07, 6.45) is 7.59. The third kappa shape index (κ3) is 3.56. The van der Waals surface area contributed by atoms with Crippen LogP contribution in [0.5, 0.6) is 0 Å². The fourth-order valence-corrected chi connectivity index (χ4v) is 5.38. The molecule has 148 valence electrons. The number of carbonyl (C=O) groups excluding carboxylic acids is 1. The van der Waals surface area contributed by atoms with Crippen molar-refractivity contribution >= 4 is 5.78 Å². The van der Waals surface area contributed by atoms with Gasteiger partial charge >= 0.3 is 0 Å². The molecule has 2 unspecified atom stereocenters. The Balaban J connectivity index is 1.62. The Labute approximate surface area is 170 Å². The number of benzene rings is 2. The van der Waals surface area contributed by atoms with Crippen LogP contribution in [0.4, 0.5) is 0 Å². The van der Waals surface area contributed by atoms with Crippen molar-refractivity contribution in [1.82, 2.24) is 0 Å². The van der Waals surface area contributed by atoms with Gasteiger partial charge in [0.25, 0.3) is 0 Å². The Morgan fingerprint density at radius 1 is 0.893 bits per heavy atom. The van der Waals surface area contributed by atoms with Gasteiger partial charge in [-0.3, -0.25) is 4.79 Å². The molecule has 0 aliphatic heterocycles. The summed E-state index contributed by atoms with van der Waals surface area (Å²) in [5, 5.41) is 0. The van der Waals surface area contributed by atoms with Crippen molar-refractivity contribution < 1.29 is 4.79 Å². The Morgan fingerprint density at radius 3 is 2.18 bits per heavy atom. The number of carbonyl (C=O) groups is 1. The average Bonchev–Trinajstić information content (AvgIpc) is 3.04. The molecule has 0 heterocycles. The molecule has 0 spiro atoms. The van der Waals surface area contributed by atoms with Crippen LogP contribution in [-0.4, -0.2) is 5.78 Å². The summed E-state index contributed by atoms with van der Waals surface area (Å²) < 4.78 is 0. The lowest BCUT2D eigenvalue weighted by Gasteiger charge is -2.31. The van der Waals surface area contributed by atoms with Crippen LogP contribution in [0.1, 0.15) is 81.3 Å². The van der Waals surface area contributed by atoms with E-state index < -0.39 is 0 Å². The maximum atomic E-state index is 13.2. The van der Waals surface area contributed by atoms with E-state index in [0.29, 0.717) is 11.7 Å². The highest BCUT2D eigenvalue weighted by Crippen LogP contribution is 2.42. The van der Waals surface area contributed by atoms with E-state index in [0.717, 1.165) is 17.9 Å². The molecule has 2 aliphatic rings. The molecular weight excluding hydrogens is 340 g/mol. The van der Waals surface area contributed by atoms with Crippen LogP contribution >= 0.6 is 0 Å². The molecule has 2 aromatic rings. The summed E-state index contributed by atoms with van der Waals surface area (Å²) in [6.45, 7) is 9.08. The van der Waals surface area contributed by atoms with Crippen LogP contribution < -0.4 is 0 Å². The zero-order valence-corrected chi connectivity index (χ0v) is 17.9. The lowest BCUT2D eigenvalue weighted by atomic mass is 9.74. The molecule has 4 rings (SSSR count). The molecule has 1 heteroatoms. The summed E-state index contributed by atoms with van der Waals surface area (Å²) in [4.78, 5) is 13.2. The molecule has 28 heavy (non-hydrogen) atoms. The Morgan fingerprint density at radius 2 is 1.54 bits per heavy atom. The van der Waals surface area contributed by atoms with Crippen LogP contribution in [0.2, 0.25) is 0 Å². The van der Waals surface area contributed by atoms with E-state index >= 15 is 0 Å². The Kier molecular flexibility index (Phi) is 5.21. The zero-order valence-electron chi connectivity index (χ0n) is 17.9. The van der Waals surface area contributed by atoms with Gasteiger partial charge in [-0.1, -0.05) is 102 Å². The summed E-state index contributed by atoms with van der Waals surface area (Å²) in [5.41, 5.74) is 6.26. The monoisotopic (exact) mass is 374 g/mol. The molecular formula is C27H34O. The summed E-state index contributed by atoms with van der Waals surface area (Å²) in [6, 6.07) is 15.3. The first-order valence-corrected chi connectivity index (χ1v) is 11.1. The van der Waals surface area contributed by atoms with Gasteiger partial charge in [0.05, 0.1) is 0 Å². The molecule has 0 radical (unpaired) electrons. The number of rotatable bonds is 3. The highest BCUT2D eigenvalue weighted by atomic mass is 16.1. The minimum atomic E-state index is 0.160. The first kappa shape index (κ1) is 19.4. The van der Waals surface area contributed by atoms with E-state index in [2.05, 4.69) is 70.2 Å². The van der Waals surface area contributed by atoms with Gasteiger partial charge in [-0.2, -0.15) is 0 Å². The third-order valence-electron chi connectivity index (χ3n) is 7.29. The number of fused-ring (bicyclic) bond motifs is 1. The van der Waals surface area contributed by atoms with Crippen molar-refractivity contribution in [3.8, 4) is 11.1 Å². The molecule has 0 aromatic heterocycles. The molecule has 1 nitrogen and oxygen atoms in total.